The van der Waals surface area contributed by atoms with E-state index >= 15 is 0 Å². The quantitative estimate of drug-likeness (QED) is 0.526. The maximum absolute atomic E-state index is 11.9. The molecule has 0 aliphatic carbocycles. The Balaban J connectivity index is 2.00. The third kappa shape index (κ3) is 5.01. The molecular formula is C17H17Cl2N3O3. The fraction of sp³-hybridized carbons (Fsp3) is 0.176. The normalized spacial score (nSPS) is 11.1. The first-order valence-electron chi connectivity index (χ1n) is 7.30. The van der Waals surface area contributed by atoms with Crippen molar-refractivity contribution >= 4 is 40.5 Å². The van der Waals surface area contributed by atoms with E-state index in [1.807, 2.05) is 12.1 Å². The molecule has 2 aromatic rings. The largest absolute Gasteiger partial charge is 0.506 e. The van der Waals surface area contributed by atoms with Crippen LogP contribution in [0.1, 0.15) is 12.5 Å². The number of amides is 1. The Morgan fingerprint density at radius 2 is 2.00 bits per heavy atom. The number of methoxy groups -OCH3 is 1. The van der Waals surface area contributed by atoms with Crippen molar-refractivity contribution in [1.29, 1.82) is 0 Å². The van der Waals surface area contributed by atoms with Crippen LogP contribution in [0.4, 0.5) is 5.69 Å². The number of carbonyl (C=O) groups is 1. The lowest BCUT2D eigenvalue weighted by molar-refractivity contribution is -0.119. The van der Waals surface area contributed by atoms with Gasteiger partial charge in [-0.3, -0.25) is 4.79 Å². The molecule has 3 N–H and O–H groups in total. The number of halogens is 2. The Bertz CT molecular complexity index is 810. The summed E-state index contributed by atoms with van der Waals surface area (Å²) in [4.78, 5) is 11.9. The number of aromatic hydroxyl groups is 1. The summed E-state index contributed by atoms with van der Waals surface area (Å²) in [5.74, 6) is 0.125. The molecule has 0 atom stereocenters. The summed E-state index contributed by atoms with van der Waals surface area (Å²) in [6.07, 6.45) is 0. The van der Waals surface area contributed by atoms with Gasteiger partial charge in [-0.05, 0) is 31.2 Å². The van der Waals surface area contributed by atoms with Crippen LogP contribution in [-0.4, -0.2) is 30.4 Å². The third-order valence-electron chi connectivity index (χ3n) is 3.31. The van der Waals surface area contributed by atoms with Gasteiger partial charge in [-0.1, -0.05) is 35.3 Å². The molecule has 0 radical (unpaired) electrons. The summed E-state index contributed by atoms with van der Waals surface area (Å²) < 4.78 is 5.19. The van der Waals surface area contributed by atoms with E-state index in [0.717, 1.165) is 0 Å². The van der Waals surface area contributed by atoms with E-state index in [1.54, 1.807) is 26.2 Å². The number of phenolic OH excluding ortho intramolecular Hbond substituents is 1. The highest BCUT2D eigenvalue weighted by Crippen LogP contribution is 2.31. The van der Waals surface area contributed by atoms with Crippen LogP contribution in [0, 0.1) is 0 Å². The van der Waals surface area contributed by atoms with Crippen LogP contribution in [0.5, 0.6) is 11.5 Å². The first kappa shape index (κ1) is 18.9. The molecule has 2 rings (SSSR count). The van der Waals surface area contributed by atoms with Crippen LogP contribution in [0.3, 0.4) is 0 Å². The third-order valence-corrected chi connectivity index (χ3v) is 3.82. The van der Waals surface area contributed by atoms with Gasteiger partial charge >= 0.3 is 0 Å². The minimum Gasteiger partial charge on any atom is -0.506 e. The van der Waals surface area contributed by atoms with E-state index in [9.17, 15) is 9.90 Å². The smallest absolute Gasteiger partial charge is 0.259 e. The molecule has 0 bridgehead atoms. The number of anilines is 1. The van der Waals surface area contributed by atoms with E-state index in [2.05, 4.69) is 15.8 Å². The SMILES string of the molecule is COc1ccccc1NCC(=O)N/N=C(\C)c1cc(Cl)cc(Cl)c1O. The highest BCUT2D eigenvalue weighted by Gasteiger charge is 2.11. The molecule has 0 unspecified atom stereocenters. The summed E-state index contributed by atoms with van der Waals surface area (Å²) in [5, 5.41) is 17.3. The highest BCUT2D eigenvalue weighted by molar-refractivity contribution is 6.36. The van der Waals surface area contributed by atoms with Crippen molar-refractivity contribution in [3.63, 3.8) is 0 Å². The van der Waals surface area contributed by atoms with Crippen LogP contribution >= 0.6 is 23.2 Å². The number of phenols is 1. The number of benzene rings is 2. The van der Waals surface area contributed by atoms with Gasteiger partial charge in [0.25, 0.3) is 5.91 Å². The molecule has 6 nitrogen and oxygen atoms in total. The Morgan fingerprint density at radius 3 is 2.72 bits per heavy atom. The second-order valence-corrected chi connectivity index (χ2v) is 5.91. The lowest BCUT2D eigenvalue weighted by Crippen LogP contribution is -2.26. The monoisotopic (exact) mass is 381 g/mol. The van der Waals surface area contributed by atoms with Crippen LogP contribution in [0.2, 0.25) is 10.0 Å². The lowest BCUT2D eigenvalue weighted by Gasteiger charge is -2.10. The van der Waals surface area contributed by atoms with E-state index in [1.165, 1.54) is 12.1 Å². The predicted octanol–water partition coefficient (Wildman–Crippen LogP) is 3.66. The van der Waals surface area contributed by atoms with Crippen molar-refractivity contribution in [2.75, 3.05) is 19.0 Å². The molecule has 0 fully saturated rings. The number of hydrazone groups is 1. The molecule has 0 spiro atoms. The fourth-order valence-electron chi connectivity index (χ4n) is 2.05. The second kappa shape index (κ2) is 8.60. The van der Waals surface area contributed by atoms with Crippen molar-refractivity contribution in [3.05, 3.63) is 52.0 Å². The van der Waals surface area contributed by atoms with Crippen molar-refractivity contribution in [1.82, 2.24) is 5.43 Å². The molecule has 0 aliphatic rings. The lowest BCUT2D eigenvalue weighted by atomic mass is 10.1. The molecule has 1 amide bonds. The summed E-state index contributed by atoms with van der Waals surface area (Å²) in [7, 11) is 1.55. The fourth-order valence-corrected chi connectivity index (χ4v) is 2.55. The summed E-state index contributed by atoms with van der Waals surface area (Å²) in [5.41, 5.74) is 3.81. The second-order valence-electron chi connectivity index (χ2n) is 5.07. The molecule has 0 aromatic heterocycles. The van der Waals surface area contributed by atoms with E-state index < -0.39 is 0 Å². The number of para-hydroxylation sites is 2. The van der Waals surface area contributed by atoms with Gasteiger partial charge in [0.1, 0.15) is 11.5 Å². The Labute approximate surface area is 155 Å². The van der Waals surface area contributed by atoms with Crippen molar-refractivity contribution in [2.24, 2.45) is 5.10 Å². The standard InChI is InChI=1S/C17H17Cl2N3O3/c1-10(12-7-11(18)8-13(19)17(12)24)21-22-16(23)9-20-14-5-3-4-6-15(14)25-2/h3-8,20,24H,9H2,1-2H3,(H,22,23)/b21-10+. The van der Waals surface area contributed by atoms with Crippen molar-refractivity contribution in [3.8, 4) is 11.5 Å². The van der Waals surface area contributed by atoms with Gasteiger partial charge in [0.15, 0.2) is 0 Å². The Hall–Kier alpha value is -2.44. The summed E-state index contributed by atoms with van der Waals surface area (Å²) in [6.45, 7) is 1.62. The molecule has 0 saturated carbocycles. The topological polar surface area (TPSA) is 83.0 Å². The molecule has 8 heteroatoms. The number of nitrogens with zero attached hydrogens (tertiary/aromatic N) is 1. The van der Waals surface area contributed by atoms with Crippen LogP contribution < -0.4 is 15.5 Å². The summed E-state index contributed by atoms with van der Waals surface area (Å²) >= 11 is 11.8. The molecule has 0 heterocycles. The maximum Gasteiger partial charge on any atom is 0.259 e. The Morgan fingerprint density at radius 1 is 1.28 bits per heavy atom. The van der Waals surface area contributed by atoms with Gasteiger partial charge in [-0.2, -0.15) is 5.10 Å². The minimum atomic E-state index is -0.363. The van der Waals surface area contributed by atoms with Crippen LogP contribution in [0.15, 0.2) is 41.5 Å². The number of hydrogen-bond acceptors (Lipinski definition) is 5. The molecule has 25 heavy (non-hydrogen) atoms. The number of nitrogens with one attached hydrogen (secondary N) is 2. The van der Waals surface area contributed by atoms with Crippen LogP contribution in [0.25, 0.3) is 0 Å². The number of carbonyl (C=O) groups excluding carboxylic acids is 1. The van der Waals surface area contributed by atoms with Gasteiger partial charge in [-0.15, -0.1) is 0 Å². The zero-order chi connectivity index (χ0) is 18.4. The number of ether oxygens (including phenoxy) is 1. The molecular weight excluding hydrogens is 365 g/mol. The van der Waals surface area contributed by atoms with E-state index in [0.29, 0.717) is 27.7 Å². The van der Waals surface area contributed by atoms with Gasteiger partial charge in [0.2, 0.25) is 0 Å². The molecule has 0 saturated heterocycles. The average molecular weight is 382 g/mol. The summed E-state index contributed by atoms with van der Waals surface area (Å²) in [6, 6.07) is 10.2. The predicted molar refractivity (Wildman–Crippen MR) is 100.0 cm³/mol. The van der Waals surface area contributed by atoms with E-state index in [4.69, 9.17) is 27.9 Å². The van der Waals surface area contributed by atoms with Gasteiger partial charge in [0.05, 0.1) is 30.1 Å². The van der Waals surface area contributed by atoms with Crippen LogP contribution in [-0.2, 0) is 4.79 Å². The molecule has 2 aromatic carbocycles. The van der Waals surface area contributed by atoms with E-state index in [-0.39, 0.29) is 23.2 Å². The van der Waals surface area contributed by atoms with Gasteiger partial charge in [0, 0.05) is 10.6 Å². The average Bonchev–Trinajstić information content (AvgIpc) is 2.61. The highest BCUT2D eigenvalue weighted by atomic mass is 35.5. The van der Waals surface area contributed by atoms with Crippen molar-refractivity contribution < 1.29 is 14.6 Å². The first-order valence-corrected chi connectivity index (χ1v) is 8.06. The van der Waals surface area contributed by atoms with Crippen molar-refractivity contribution in [2.45, 2.75) is 6.92 Å². The van der Waals surface area contributed by atoms with Gasteiger partial charge < -0.3 is 15.2 Å². The zero-order valence-electron chi connectivity index (χ0n) is 13.6. The Kier molecular flexibility index (Phi) is 6.50. The number of rotatable bonds is 6. The first-order chi connectivity index (χ1) is 11.9. The molecule has 132 valence electrons. The van der Waals surface area contributed by atoms with Gasteiger partial charge in [-0.25, -0.2) is 5.43 Å². The zero-order valence-corrected chi connectivity index (χ0v) is 15.1. The number of hydrogen-bond donors (Lipinski definition) is 3. The molecule has 0 aliphatic heterocycles. The maximum atomic E-state index is 11.9. The minimum absolute atomic E-state index is 0.000558.